The fourth-order valence-electron chi connectivity index (χ4n) is 2.83. The fraction of sp³-hybridized carbons (Fsp3) is 0.467. The SMILES string of the molecule is COCc1noc(CN2C[C@H](O)C[C@H]2c2cccc(F)c2)n1. The Bertz CT molecular complexity index is 634. The number of nitrogens with zero attached hydrogens (tertiary/aromatic N) is 3. The van der Waals surface area contributed by atoms with Gasteiger partial charge in [-0.15, -0.1) is 0 Å². The molecule has 7 heteroatoms. The number of methoxy groups -OCH3 is 1. The zero-order valence-corrected chi connectivity index (χ0v) is 12.3. The number of hydrogen-bond donors (Lipinski definition) is 1. The van der Waals surface area contributed by atoms with E-state index in [1.165, 1.54) is 12.1 Å². The standard InChI is InChI=1S/C15H18FN3O3/c1-21-9-14-17-15(22-18-14)8-19-7-12(20)6-13(19)10-3-2-4-11(16)5-10/h2-5,12-13,20H,6-9H2,1H3/t12-,13+/m1/s1. The van der Waals surface area contributed by atoms with Crippen LogP contribution in [-0.4, -0.2) is 39.9 Å². The minimum absolute atomic E-state index is 0.0662. The largest absolute Gasteiger partial charge is 0.392 e. The summed E-state index contributed by atoms with van der Waals surface area (Å²) < 4.78 is 23.6. The molecule has 2 atom stereocenters. The van der Waals surface area contributed by atoms with Crippen LogP contribution in [-0.2, 0) is 17.9 Å². The van der Waals surface area contributed by atoms with Crippen molar-refractivity contribution in [2.45, 2.75) is 31.7 Å². The number of likely N-dealkylation sites (tertiary alicyclic amines) is 1. The molecular formula is C15H18FN3O3. The maximum atomic E-state index is 13.4. The molecule has 0 aliphatic carbocycles. The average molecular weight is 307 g/mol. The van der Waals surface area contributed by atoms with Gasteiger partial charge in [0, 0.05) is 19.7 Å². The molecule has 2 aromatic rings. The Balaban J connectivity index is 1.75. The van der Waals surface area contributed by atoms with Gasteiger partial charge in [-0.3, -0.25) is 4.90 Å². The zero-order chi connectivity index (χ0) is 15.5. The summed E-state index contributed by atoms with van der Waals surface area (Å²) in [5.41, 5.74) is 0.841. The van der Waals surface area contributed by atoms with E-state index in [0.717, 1.165) is 5.56 Å². The van der Waals surface area contributed by atoms with Crippen LogP contribution >= 0.6 is 0 Å². The highest BCUT2D eigenvalue weighted by Gasteiger charge is 2.33. The molecule has 1 aliphatic rings. The van der Waals surface area contributed by atoms with E-state index in [9.17, 15) is 9.50 Å². The van der Waals surface area contributed by atoms with Crippen molar-refractivity contribution in [1.29, 1.82) is 0 Å². The molecule has 1 aliphatic heterocycles. The Kier molecular flexibility index (Phi) is 4.47. The van der Waals surface area contributed by atoms with Crippen LogP contribution < -0.4 is 0 Å². The monoisotopic (exact) mass is 307 g/mol. The van der Waals surface area contributed by atoms with E-state index >= 15 is 0 Å². The van der Waals surface area contributed by atoms with Crippen molar-refractivity contribution < 1.29 is 18.8 Å². The first-order valence-electron chi connectivity index (χ1n) is 7.13. The van der Waals surface area contributed by atoms with E-state index in [0.29, 0.717) is 37.8 Å². The predicted octanol–water partition coefficient (Wildman–Crippen LogP) is 1.66. The van der Waals surface area contributed by atoms with Crippen molar-refractivity contribution >= 4 is 0 Å². The highest BCUT2D eigenvalue weighted by Crippen LogP contribution is 2.33. The van der Waals surface area contributed by atoms with Crippen LogP contribution in [0.1, 0.15) is 29.7 Å². The Labute approximate surface area is 127 Å². The third-order valence-electron chi connectivity index (χ3n) is 3.74. The van der Waals surface area contributed by atoms with Gasteiger partial charge in [0.25, 0.3) is 0 Å². The molecule has 0 amide bonds. The normalized spacial score (nSPS) is 22.3. The average Bonchev–Trinajstić information content (AvgIpc) is 3.06. The second-order valence-corrected chi connectivity index (χ2v) is 5.43. The molecule has 0 saturated carbocycles. The van der Waals surface area contributed by atoms with Crippen LogP contribution in [0.4, 0.5) is 4.39 Å². The smallest absolute Gasteiger partial charge is 0.240 e. The van der Waals surface area contributed by atoms with Crippen molar-refractivity contribution in [3.63, 3.8) is 0 Å². The summed E-state index contributed by atoms with van der Waals surface area (Å²) in [5, 5.41) is 13.8. The van der Waals surface area contributed by atoms with Gasteiger partial charge >= 0.3 is 0 Å². The Morgan fingerprint density at radius 3 is 3.14 bits per heavy atom. The van der Waals surface area contributed by atoms with Crippen molar-refractivity contribution in [2.75, 3.05) is 13.7 Å². The second-order valence-electron chi connectivity index (χ2n) is 5.43. The molecule has 3 rings (SSSR count). The highest BCUT2D eigenvalue weighted by molar-refractivity contribution is 5.21. The van der Waals surface area contributed by atoms with Crippen LogP contribution in [0.25, 0.3) is 0 Å². The molecule has 0 spiro atoms. The number of β-amino-alcohol motifs (C(OH)–C–C–N with tert-alkyl or cyclic N) is 1. The first kappa shape index (κ1) is 15.1. The third kappa shape index (κ3) is 3.32. The number of hydrogen-bond acceptors (Lipinski definition) is 6. The van der Waals surface area contributed by atoms with E-state index in [2.05, 4.69) is 10.1 Å². The van der Waals surface area contributed by atoms with Crippen LogP contribution in [0, 0.1) is 5.82 Å². The Morgan fingerprint density at radius 1 is 1.50 bits per heavy atom. The van der Waals surface area contributed by atoms with Gasteiger partial charge in [-0.1, -0.05) is 17.3 Å². The van der Waals surface area contributed by atoms with Gasteiger partial charge in [0.2, 0.25) is 5.89 Å². The summed E-state index contributed by atoms with van der Waals surface area (Å²) in [6.45, 7) is 1.19. The van der Waals surface area contributed by atoms with Gasteiger partial charge in [0.05, 0.1) is 12.6 Å². The number of benzene rings is 1. The Hall–Kier alpha value is -1.83. The van der Waals surface area contributed by atoms with E-state index in [1.54, 1.807) is 13.2 Å². The van der Waals surface area contributed by atoms with E-state index in [4.69, 9.17) is 9.26 Å². The lowest BCUT2D eigenvalue weighted by Gasteiger charge is -2.22. The van der Waals surface area contributed by atoms with Crippen molar-refractivity contribution in [3.05, 3.63) is 47.4 Å². The van der Waals surface area contributed by atoms with Crippen LogP contribution in [0.5, 0.6) is 0 Å². The molecule has 0 bridgehead atoms. The summed E-state index contributed by atoms with van der Waals surface area (Å²) in [5.74, 6) is 0.668. The van der Waals surface area contributed by atoms with Gasteiger partial charge in [-0.05, 0) is 24.1 Å². The summed E-state index contributed by atoms with van der Waals surface area (Å²) in [7, 11) is 1.56. The first-order chi connectivity index (χ1) is 10.7. The maximum absolute atomic E-state index is 13.4. The first-order valence-corrected chi connectivity index (χ1v) is 7.13. The topological polar surface area (TPSA) is 71.6 Å². The van der Waals surface area contributed by atoms with Crippen molar-refractivity contribution in [2.24, 2.45) is 0 Å². The van der Waals surface area contributed by atoms with Gasteiger partial charge in [-0.25, -0.2) is 4.39 Å². The quantitative estimate of drug-likeness (QED) is 0.906. The summed E-state index contributed by atoms with van der Waals surface area (Å²) >= 11 is 0. The molecular weight excluding hydrogens is 289 g/mol. The molecule has 1 N–H and O–H groups in total. The minimum atomic E-state index is -0.449. The molecule has 22 heavy (non-hydrogen) atoms. The Morgan fingerprint density at radius 2 is 2.36 bits per heavy atom. The molecule has 6 nitrogen and oxygen atoms in total. The fourth-order valence-corrected chi connectivity index (χ4v) is 2.83. The molecule has 0 unspecified atom stereocenters. The van der Waals surface area contributed by atoms with E-state index in [-0.39, 0.29) is 11.9 Å². The number of aliphatic hydroxyl groups excluding tert-OH is 1. The van der Waals surface area contributed by atoms with E-state index in [1.807, 2.05) is 11.0 Å². The van der Waals surface area contributed by atoms with Crippen LogP contribution in [0.3, 0.4) is 0 Å². The van der Waals surface area contributed by atoms with Crippen molar-refractivity contribution in [3.8, 4) is 0 Å². The molecule has 1 fully saturated rings. The van der Waals surface area contributed by atoms with Gasteiger partial charge in [-0.2, -0.15) is 4.98 Å². The number of aliphatic hydroxyl groups is 1. The molecule has 1 saturated heterocycles. The number of halogens is 1. The maximum Gasteiger partial charge on any atom is 0.240 e. The second kappa shape index (κ2) is 6.51. The van der Waals surface area contributed by atoms with Gasteiger partial charge in [0.15, 0.2) is 5.82 Å². The highest BCUT2D eigenvalue weighted by atomic mass is 19.1. The lowest BCUT2D eigenvalue weighted by molar-refractivity contribution is 0.164. The summed E-state index contributed by atoms with van der Waals surface area (Å²) in [4.78, 5) is 6.25. The number of rotatable bonds is 5. The predicted molar refractivity (Wildman–Crippen MR) is 75.2 cm³/mol. The molecule has 118 valence electrons. The lowest BCUT2D eigenvalue weighted by Crippen LogP contribution is -2.24. The van der Waals surface area contributed by atoms with Crippen LogP contribution in [0.2, 0.25) is 0 Å². The number of aromatic nitrogens is 2. The molecule has 0 radical (unpaired) electrons. The molecule has 1 aromatic heterocycles. The third-order valence-corrected chi connectivity index (χ3v) is 3.74. The molecule has 2 heterocycles. The summed E-state index contributed by atoms with van der Waals surface area (Å²) in [6.07, 6.45) is 0.109. The number of ether oxygens (including phenoxy) is 1. The van der Waals surface area contributed by atoms with Crippen molar-refractivity contribution in [1.82, 2.24) is 15.0 Å². The summed E-state index contributed by atoms with van der Waals surface area (Å²) in [6, 6.07) is 6.39. The van der Waals surface area contributed by atoms with E-state index < -0.39 is 6.10 Å². The van der Waals surface area contributed by atoms with Gasteiger partial charge < -0.3 is 14.4 Å². The minimum Gasteiger partial charge on any atom is -0.392 e. The lowest BCUT2D eigenvalue weighted by atomic mass is 10.0. The van der Waals surface area contributed by atoms with Gasteiger partial charge in [0.1, 0.15) is 12.4 Å². The molecule has 1 aromatic carbocycles. The van der Waals surface area contributed by atoms with Crippen LogP contribution in [0.15, 0.2) is 28.8 Å². The zero-order valence-electron chi connectivity index (χ0n) is 12.3.